The van der Waals surface area contributed by atoms with E-state index < -0.39 is 0 Å². The zero-order valence-electron chi connectivity index (χ0n) is 9.42. The van der Waals surface area contributed by atoms with E-state index in [0.717, 1.165) is 0 Å². The van der Waals surface area contributed by atoms with Crippen molar-refractivity contribution >= 4 is 0 Å². The molecular formula is C11H24N2. The molecule has 13 heavy (non-hydrogen) atoms. The molecule has 0 atom stereocenters. The summed E-state index contributed by atoms with van der Waals surface area (Å²) in [5, 5.41) is 0. The van der Waals surface area contributed by atoms with Gasteiger partial charge in [-0.1, -0.05) is 6.42 Å². The van der Waals surface area contributed by atoms with Crippen LogP contribution in [-0.4, -0.2) is 49.1 Å². The molecule has 0 aromatic rings. The van der Waals surface area contributed by atoms with Crippen LogP contribution in [0.1, 0.15) is 33.1 Å². The molecule has 0 saturated carbocycles. The lowest BCUT2D eigenvalue weighted by Gasteiger charge is -2.27. The summed E-state index contributed by atoms with van der Waals surface area (Å²) in [5.41, 5.74) is 0. The monoisotopic (exact) mass is 184 g/mol. The first-order valence-corrected chi connectivity index (χ1v) is 5.63. The molecule has 0 amide bonds. The maximum absolute atomic E-state index is 2.60. The highest BCUT2D eigenvalue weighted by atomic mass is 15.2. The topological polar surface area (TPSA) is 6.48 Å². The van der Waals surface area contributed by atoms with Gasteiger partial charge in [-0.25, -0.2) is 0 Å². The number of rotatable bonds is 1. The van der Waals surface area contributed by atoms with Crippen molar-refractivity contribution in [3.8, 4) is 0 Å². The normalized spacial score (nSPS) is 24.0. The predicted octanol–water partition coefficient (Wildman–Crippen LogP) is 1.81. The Bertz CT molecular complexity index is 134. The molecule has 0 unspecified atom stereocenters. The quantitative estimate of drug-likeness (QED) is 0.613. The molecule has 2 heteroatoms. The highest BCUT2D eigenvalue weighted by Crippen LogP contribution is 2.06. The second kappa shape index (κ2) is 5.61. The van der Waals surface area contributed by atoms with Crippen LogP contribution in [0, 0.1) is 0 Å². The summed E-state index contributed by atoms with van der Waals surface area (Å²) in [6.07, 6.45) is 4.15. The van der Waals surface area contributed by atoms with E-state index in [1.54, 1.807) is 0 Å². The number of nitrogens with zero attached hydrogens (tertiary/aromatic N) is 2. The van der Waals surface area contributed by atoms with Crippen LogP contribution in [0.4, 0.5) is 0 Å². The van der Waals surface area contributed by atoms with Gasteiger partial charge in [0.1, 0.15) is 0 Å². The standard InChI is InChI=1S/C11H24N2/c1-11(2)13-8-6-4-5-7-12(3)9-10-13/h11H,4-10H2,1-3H3. The Morgan fingerprint density at radius 1 is 0.846 bits per heavy atom. The first-order chi connectivity index (χ1) is 6.20. The van der Waals surface area contributed by atoms with E-state index in [9.17, 15) is 0 Å². The lowest BCUT2D eigenvalue weighted by atomic mass is 10.2. The second-order valence-corrected chi connectivity index (χ2v) is 4.49. The molecule has 0 bridgehead atoms. The van der Waals surface area contributed by atoms with E-state index >= 15 is 0 Å². The van der Waals surface area contributed by atoms with E-state index in [-0.39, 0.29) is 0 Å². The summed E-state index contributed by atoms with van der Waals surface area (Å²) >= 11 is 0. The molecule has 1 fully saturated rings. The Labute approximate surface area is 82.9 Å². The Balaban J connectivity index is 2.37. The van der Waals surface area contributed by atoms with E-state index in [1.165, 1.54) is 45.4 Å². The average Bonchev–Trinajstić information content (AvgIpc) is 2.17. The molecule has 78 valence electrons. The fraction of sp³-hybridized carbons (Fsp3) is 1.00. The third kappa shape index (κ3) is 4.10. The van der Waals surface area contributed by atoms with Gasteiger partial charge in [-0.05, 0) is 46.8 Å². The maximum Gasteiger partial charge on any atom is 0.0112 e. The van der Waals surface area contributed by atoms with Crippen molar-refractivity contribution in [2.75, 3.05) is 33.2 Å². The van der Waals surface area contributed by atoms with Crippen LogP contribution < -0.4 is 0 Å². The van der Waals surface area contributed by atoms with Crippen LogP contribution in [0.3, 0.4) is 0 Å². The molecule has 0 aliphatic carbocycles. The van der Waals surface area contributed by atoms with E-state index in [2.05, 4.69) is 30.7 Å². The van der Waals surface area contributed by atoms with Gasteiger partial charge in [0.05, 0.1) is 0 Å². The third-order valence-corrected chi connectivity index (χ3v) is 2.98. The molecule has 0 aromatic carbocycles. The van der Waals surface area contributed by atoms with Crippen molar-refractivity contribution in [1.29, 1.82) is 0 Å². The van der Waals surface area contributed by atoms with Crippen LogP contribution in [0.5, 0.6) is 0 Å². The van der Waals surface area contributed by atoms with Gasteiger partial charge in [0, 0.05) is 19.1 Å². The molecule has 0 N–H and O–H groups in total. The summed E-state index contributed by atoms with van der Waals surface area (Å²) in [6.45, 7) is 9.67. The molecule has 2 nitrogen and oxygen atoms in total. The van der Waals surface area contributed by atoms with Gasteiger partial charge in [0.2, 0.25) is 0 Å². The molecule has 0 spiro atoms. The lowest BCUT2D eigenvalue weighted by molar-refractivity contribution is 0.198. The van der Waals surface area contributed by atoms with Crippen molar-refractivity contribution in [3.63, 3.8) is 0 Å². The van der Waals surface area contributed by atoms with Gasteiger partial charge in [0.15, 0.2) is 0 Å². The summed E-state index contributed by atoms with van der Waals surface area (Å²) in [6, 6.07) is 0.714. The van der Waals surface area contributed by atoms with E-state index in [1.807, 2.05) is 0 Å². The average molecular weight is 184 g/mol. The van der Waals surface area contributed by atoms with Crippen LogP contribution in [0.25, 0.3) is 0 Å². The SMILES string of the molecule is CC(C)N1CCCCCN(C)CC1. The van der Waals surface area contributed by atoms with Crippen molar-refractivity contribution < 1.29 is 0 Å². The Morgan fingerprint density at radius 3 is 2.23 bits per heavy atom. The minimum Gasteiger partial charge on any atom is -0.305 e. The van der Waals surface area contributed by atoms with Crippen LogP contribution in [0.15, 0.2) is 0 Å². The predicted molar refractivity (Wildman–Crippen MR) is 58.1 cm³/mol. The largest absolute Gasteiger partial charge is 0.305 e. The van der Waals surface area contributed by atoms with Gasteiger partial charge in [-0.2, -0.15) is 0 Å². The molecule has 1 aliphatic heterocycles. The van der Waals surface area contributed by atoms with E-state index in [0.29, 0.717) is 6.04 Å². The van der Waals surface area contributed by atoms with Crippen molar-refractivity contribution in [2.45, 2.75) is 39.2 Å². The molecule has 0 aromatic heterocycles. The van der Waals surface area contributed by atoms with Crippen molar-refractivity contribution in [2.24, 2.45) is 0 Å². The fourth-order valence-corrected chi connectivity index (χ4v) is 1.91. The second-order valence-electron chi connectivity index (χ2n) is 4.49. The smallest absolute Gasteiger partial charge is 0.0112 e. The van der Waals surface area contributed by atoms with Crippen LogP contribution in [-0.2, 0) is 0 Å². The third-order valence-electron chi connectivity index (χ3n) is 2.98. The maximum atomic E-state index is 2.60. The summed E-state index contributed by atoms with van der Waals surface area (Å²) in [7, 11) is 2.24. The fourth-order valence-electron chi connectivity index (χ4n) is 1.91. The highest BCUT2D eigenvalue weighted by Gasteiger charge is 2.11. The van der Waals surface area contributed by atoms with Gasteiger partial charge in [-0.15, -0.1) is 0 Å². The van der Waals surface area contributed by atoms with Gasteiger partial charge in [-0.3, -0.25) is 4.90 Å². The van der Waals surface area contributed by atoms with Gasteiger partial charge >= 0.3 is 0 Å². The summed E-state index contributed by atoms with van der Waals surface area (Å²) in [5.74, 6) is 0. The van der Waals surface area contributed by atoms with Crippen LogP contribution >= 0.6 is 0 Å². The highest BCUT2D eigenvalue weighted by molar-refractivity contribution is 4.67. The lowest BCUT2D eigenvalue weighted by Crippen LogP contribution is -2.37. The number of likely N-dealkylation sites (N-methyl/N-ethyl adjacent to an activating group) is 1. The molecule has 1 heterocycles. The first-order valence-electron chi connectivity index (χ1n) is 5.63. The number of hydrogen-bond acceptors (Lipinski definition) is 2. The van der Waals surface area contributed by atoms with E-state index in [4.69, 9.17) is 0 Å². The minimum absolute atomic E-state index is 0.714. The number of hydrogen-bond donors (Lipinski definition) is 0. The van der Waals surface area contributed by atoms with Gasteiger partial charge in [0.25, 0.3) is 0 Å². The molecule has 1 aliphatic rings. The van der Waals surface area contributed by atoms with Gasteiger partial charge < -0.3 is 4.90 Å². The molecule has 1 rings (SSSR count). The van der Waals surface area contributed by atoms with Crippen molar-refractivity contribution in [1.82, 2.24) is 9.80 Å². The Hall–Kier alpha value is -0.0800. The van der Waals surface area contributed by atoms with Crippen molar-refractivity contribution in [3.05, 3.63) is 0 Å². The summed E-state index contributed by atoms with van der Waals surface area (Å²) < 4.78 is 0. The zero-order valence-corrected chi connectivity index (χ0v) is 9.42. The Morgan fingerprint density at radius 2 is 1.54 bits per heavy atom. The molecular weight excluding hydrogens is 160 g/mol. The zero-order chi connectivity index (χ0) is 9.68. The first kappa shape index (κ1) is 11.0. The minimum atomic E-state index is 0.714. The van der Waals surface area contributed by atoms with Crippen LogP contribution in [0.2, 0.25) is 0 Å². The Kier molecular flexibility index (Phi) is 4.74. The molecule has 0 radical (unpaired) electrons. The molecule has 1 saturated heterocycles. The summed E-state index contributed by atoms with van der Waals surface area (Å²) in [4.78, 5) is 5.06.